The zero-order valence-corrected chi connectivity index (χ0v) is 19.9. The molecule has 15 heteroatoms. The molecule has 1 fully saturated rings. The Morgan fingerprint density at radius 3 is 2.45 bits per heavy atom. The van der Waals surface area contributed by atoms with Crippen molar-refractivity contribution in [1.82, 2.24) is 24.8 Å². The summed E-state index contributed by atoms with van der Waals surface area (Å²) in [4.78, 5) is 29.6. The minimum absolute atomic E-state index is 0.285. The van der Waals surface area contributed by atoms with Crippen LogP contribution in [-0.4, -0.2) is 62.3 Å². The number of nitrogens with one attached hydrogen (secondary N) is 1. The molecule has 2 aromatic heterocycles. The van der Waals surface area contributed by atoms with Crippen molar-refractivity contribution in [2.75, 3.05) is 18.8 Å². The van der Waals surface area contributed by atoms with Gasteiger partial charge in [-0.3, -0.25) is 9.59 Å². The highest BCUT2D eigenvalue weighted by Crippen LogP contribution is 2.39. The Kier molecular flexibility index (Phi) is 6.74. The first-order chi connectivity index (χ1) is 17.6. The van der Waals surface area contributed by atoms with E-state index >= 15 is 0 Å². The van der Waals surface area contributed by atoms with Gasteiger partial charge in [-0.2, -0.15) is 18.3 Å². The highest BCUT2D eigenvalue weighted by Gasteiger charge is 2.42. The lowest BCUT2D eigenvalue weighted by atomic mass is 10.0. The molecule has 1 aromatic carbocycles. The van der Waals surface area contributed by atoms with E-state index < -0.39 is 89.5 Å². The van der Waals surface area contributed by atoms with E-state index in [9.17, 15) is 40.3 Å². The number of anilines is 1. The summed E-state index contributed by atoms with van der Waals surface area (Å²) in [5.74, 6) is -3.91. The maximum absolute atomic E-state index is 14.9. The van der Waals surface area contributed by atoms with Crippen LogP contribution < -0.4 is 11.1 Å². The van der Waals surface area contributed by atoms with Crippen molar-refractivity contribution < 1.29 is 40.3 Å². The molecule has 1 aliphatic heterocycles. The zero-order valence-electron chi connectivity index (χ0n) is 19.9. The predicted molar refractivity (Wildman–Crippen MR) is 121 cm³/mol. The van der Waals surface area contributed by atoms with Gasteiger partial charge in [-0.15, -0.1) is 0 Å². The number of alkyl halides is 6. The second kappa shape index (κ2) is 9.44. The molecule has 204 valence electrons. The molecule has 4 rings (SSSR count). The molecule has 0 saturated carbocycles. The summed E-state index contributed by atoms with van der Waals surface area (Å²) < 4.78 is 98.9. The molecule has 3 N–H and O–H groups in total. The number of hydrogen-bond donors (Lipinski definition) is 2. The first-order valence-corrected chi connectivity index (χ1v) is 11.1. The maximum Gasteiger partial charge on any atom is 0.418 e. The molecule has 0 aliphatic carbocycles. The van der Waals surface area contributed by atoms with Gasteiger partial charge < -0.3 is 16.0 Å². The number of fused-ring (bicyclic) bond motifs is 1. The van der Waals surface area contributed by atoms with Gasteiger partial charge in [0.2, 0.25) is 0 Å². The molecule has 0 spiro atoms. The maximum atomic E-state index is 14.9. The van der Waals surface area contributed by atoms with Crippen molar-refractivity contribution in [2.24, 2.45) is 0 Å². The van der Waals surface area contributed by atoms with Crippen molar-refractivity contribution in [2.45, 2.75) is 44.6 Å². The third-order valence-electron chi connectivity index (χ3n) is 6.12. The minimum atomic E-state index is -4.89. The van der Waals surface area contributed by atoms with Crippen LogP contribution in [0.15, 0.2) is 24.5 Å². The van der Waals surface area contributed by atoms with E-state index in [0.717, 1.165) is 41.7 Å². The van der Waals surface area contributed by atoms with Gasteiger partial charge in [0.1, 0.15) is 30.5 Å². The summed E-state index contributed by atoms with van der Waals surface area (Å²) in [7, 11) is 0. The second-order valence-corrected chi connectivity index (χ2v) is 9.24. The highest BCUT2D eigenvalue weighted by atomic mass is 19.4. The van der Waals surface area contributed by atoms with E-state index in [1.165, 1.54) is 0 Å². The number of aromatic nitrogens is 3. The fourth-order valence-corrected chi connectivity index (χ4v) is 4.30. The van der Waals surface area contributed by atoms with Gasteiger partial charge in [0.15, 0.2) is 11.5 Å². The molecular weight excluding hydrogens is 525 g/mol. The van der Waals surface area contributed by atoms with Gasteiger partial charge in [-0.25, -0.2) is 27.1 Å². The van der Waals surface area contributed by atoms with Crippen molar-refractivity contribution in [1.29, 1.82) is 0 Å². The summed E-state index contributed by atoms with van der Waals surface area (Å²) in [6.07, 6.45) is -5.83. The van der Waals surface area contributed by atoms with E-state index in [0.29, 0.717) is 6.07 Å². The first kappa shape index (κ1) is 27.1. The number of benzene rings is 1. The SMILES string of the molecule is CC(C)(F)C(=O)N1C[C@H](F)[C@H](NC(=O)c2cc(-c3cc(C(F)(F)F)c4c(N)ncnn34)cc(F)c2CF)C1. The van der Waals surface area contributed by atoms with E-state index in [4.69, 9.17) is 5.73 Å². The average molecular weight is 546 g/mol. The first-order valence-electron chi connectivity index (χ1n) is 11.1. The lowest BCUT2D eigenvalue weighted by molar-refractivity contribution is -0.141. The number of nitrogens with zero attached hydrogens (tertiary/aromatic N) is 4. The Labute approximate surface area is 210 Å². The Morgan fingerprint density at radius 1 is 1.16 bits per heavy atom. The summed E-state index contributed by atoms with van der Waals surface area (Å²) in [6, 6.07) is 0.960. The van der Waals surface area contributed by atoms with Crippen LogP contribution in [0.4, 0.5) is 36.6 Å². The number of amides is 2. The van der Waals surface area contributed by atoms with Gasteiger partial charge >= 0.3 is 6.18 Å². The van der Waals surface area contributed by atoms with Gasteiger partial charge in [0, 0.05) is 23.2 Å². The third kappa shape index (κ3) is 4.84. The average Bonchev–Trinajstić information content (AvgIpc) is 3.39. The van der Waals surface area contributed by atoms with Crippen LogP contribution in [0.1, 0.15) is 35.3 Å². The van der Waals surface area contributed by atoms with E-state index in [1.807, 2.05) is 0 Å². The summed E-state index contributed by atoms with van der Waals surface area (Å²) in [6.45, 7) is -0.397. The van der Waals surface area contributed by atoms with E-state index in [-0.39, 0.29) is 11.3 Å². The van der Waals surface area contributed by atoms with Gasteiger partial charge in [-0.1, -0.05) is 0 Å². The monoisotopic (exact) mass is 546 g/mol. The molecule has 0 unspecified atom stereocenters. The Bertz CT molecular complexity index is 1420. The van der Waals surface area contributed by atoms with Gasteiger partial charge in [0.25, 0.3) is 11.8 Å². The smallest absolute Gasteiger partial charge is 0.382 e. The van der Waals surface area contributed by atoms with E-state index in [2.05, 4.69) is 15.4 Å². The molecule has 0 bridgehead atoms. The number of nitrogens with two attached hydrogens (primary N) is 1. The number of hydrogen-bond acceptors (Lipinski definition) is 5. The molecule has 2 atom stereocenters. The van der Waals surface area contributed by atoms with Crippen LogP contribution in [0, 0.1) is 5.82 Å². The topological polar surface area (TPSA) is 106 Å². The molecule has 1 saturated heterocycles. The molecule has 3 heterocycles. The zero-order chi connectivity index (χ0) is 28.2. The number of nitrogen functional groups attached to an aromatic ring is 1. The Balaban J connectivity index is 1.73. The van der Waals surface area contributed by atoms with Gasteiger partial charge in [0.05, 0.1) is 23.8 Å². The minimum Gasteiger partial charge on any atom is -0.382 e. The van der Waals surface area contributed by atoms with Crippen LogP contribution in [0.3, 0.4) is 0 Å². The molecule has 0 radical (unpaired) electrons. The Morgan fingerprint density at radius 2 is 1.84 bits per heavy atom. The molecule has 1 aliphatic rings. The van der Waals surface area contributed by atoms with Crippen molar-refractivity contribution in [3.63, 3.8) is 0 Å². The van der Waals surface area contributed by atoms with Crippen LogP contribution in [0.2, 0.25) is 0 Å². The third-order valence-corrected chi connectivity index (χ3v) is 6.12. The fraction of sp³-hybridized carbons (Fsp3) is 0.391. The normalized spacial score (nSPS) is 18.3. The quantitative estimate of drug-likeness (QED) is 0.476. The standard InChI is InChI=1S/C23H21F7N6O2/c1-22(2,27)21(38)35-7-15(26)16(8-35)34-20(37)11-3-10(4-14(25)12(11)6-24)17-5-13(23(28,29)30)18-19(31)32-9-33-36(17)18/h3-5,9,15-16H,6-8H2,1-2H3,(H,34,37)(H2,31,32,33)/t15-,16+/m0/s1. The lowest BCUT2D eigenvalue weighted by Crippen LogP contribution is -2.44. The summed E-state index contributed by atoms with van der Waals surface area (Å²) in [5, 5.41) is 5.99. The van der Waals surface area contributed by atoms with Crippen LogP contribution >= 0.6 is 0 Å². The predicted octanol–water partition coefficient (Wildman–Crippen LogP) is 3.63. The van der Waals surface area contributed by atoms with Crippen LogP contribution in [0.5, 0.6) is 0 Å². The van der Waals surface area contributed by atoms with Crippen molar-refractivity contribution >= 4 is 23.1 Å². The lowest BCUT2D eigenvalue weighted by Gasteiger charge is -2.22. The summed E-state index contributed by atoms with van der Waals surface area (Å²) in [5.41, 5.74) is -0.455. The number of halogens is 7. The van der Waals surface area contributed by atoms with Crippen molar-refractivity contribution in [3.05, 3.63) is 47.0 Å². The number of rotatable bonds is 5. The number of likely N-dealkylation sites (tertiary alicyclic amines) is 1. The molecular formula is C23H21F7N6O2. The largest absolute Gasteiger partial charge is 0.418 e. The highest BCUT2D eigenvalue weighted by molar-refractivity contribution is 5.97. The molecule has 2 amide bonds. The van der Waals surface area contributed by atoms with Gasteiger partial charge in [-0.05, 0) is 32.0 Å². The van der Waals surface area contributed by atoms with Crippen LogP contribution in [0.25, 0.3) is 16.8 Å². The molecule has 38 heavy (non-hydrogen) atoms. The Hall–Kier alpha value is -3.91. The van der Waals surface area contributed by atoms with E-state index in [1.54, 1.807) is 0 Å². The number of carbonyl (C=O) groups excluding carboxylic acids is 2. The molecule has 3 aromatic rings. The van der Waals surface area contributed by atoms with Crippen LogP contribution in [-0.2, 0) is 17.6 Å². The molecule has 8 nitrogen and oxygen atoms in total. The van der Waals surface area contributed by atoms with Crippen molar-refractivity contribution in [3.8, 4) is 11.3 Å². The number of carbonyl (C=O) groups is 2. The second-order valence-electron chi connectivity index (χ2n) is 9.24. The fourth-order valence-electron chi connectivity index (χ4n) is 4.30. The summed E-state index contributed by atoms with van der Waals surface area (Å²) >= 11 is 0.